The first-order valence-corrected chi connectivity index (χ1v) is 9.66. The number of likely N-dealkylation sites (tertiary alicyclic amines) is 1. The Labute approximate surface area is 161 Å². The summed E-state index contributed by atoms with van der Waals surface area (Å²) in [6, 6.07) is 17.4. The summed E-state index contributed by atoms with van der Waals surface area (Å²) < 4.78 is 5.72. The molecule has 1 atom stereocenters. The molecule has 0 radical (unpaired) electrons. The summed E-state index contributed by atoms with van der Waals surface area (Å²) >= 11 is 0. The van der Waals surface area contributed by atoms with Gasteiger partial charge in [-0.2, -0.15) is 0 Å². The summed E-state index contributed by atoms with van der Waals surface area (Å²) in [5.74, 6) is 0.765. The van der Waals surface area contributed by atoms with Crippen LogP contribution in [0.4, 0.5) is 0 Å². The van der Waals surface area contributed by atoms with Gasteiger partial charge in [0.05, 0.1) is 6.61 Å². The van der Waals surface area contributed by atoms with Gasteiger partial charge in [-0.15, -0.1) is 0 Å². The molecule has 1 aliphatic rings. The number of nitrogens with one attached hydrogen (secondary N) is 1. The lowest BCUT2D eigenvalue weighted by Gasteiger charge is -2.34. The maximum absolute atomic E-state index is 12.3. The van der Waals surface area contributed by atoms with Crippen molar-refractivity contribution in [2.75, 3.05) is 26.2 Å². The van der Waals surface area contributed by atoms with E-state index in [0.29, 0.717) is 18.7 Å². The number of carbonyl (C=O) groups excluding carboxylic acids is 1. The minimum absolute atomic E-state index is 0.0666. The lowest BCUT2D eigenvalue weighted by molar-refractivity contribution is 0.0849. The summed E-state index contributed by atoms with van der Waals surface area (Å²) in [4.78, 5) is 14.6. The fourth-order valence-electron chi connectivity index (χ4n) is 3.41. The molecule has 0 saturated carbocycles. The number of amides is 1. The third kappa shape index (κ3) is 5.81. The van der Waals surface area contributed by atoms with Gasteiger partial charge < -0.3 is 15.2 Å². The van der Waals surface area contributed by atoms with Gasteiger partial charge in [0.15, 0.2) is 0 Å². The molecule has 1 saturated heterocycles. The zero-order valence-corrected chi connectivity index (χ0v) is 15.6. The fourth-order valence-corrected chi connectivity index (χ4v) is 3.41. The molecule has 0 unspecified atom stereocenters. The number of piperidine rings is 1. The van der Waals surface area contributed by atoms with Gasteiger partial charge in [-0.25, -0.2) is 0 Å². The molecule has 2 aromatic carbocycles. The maximum Gasteiger partial charge on any atom is 0.251 e. The second-order valence-corrected chi connectivity index (χ2v) is 6.92. The predicted octanol–water partition coefficient (Wildman–Crippen LogP) is 2.84. The fraction of sp³-hybridized carbons (Fsp3) is 0.409. The summed E-state index contributed by atoms with van der Waals surface area (Å²) in [7, 11) is 0. The van der Waals surface area contributed by atoms with E-state index in [0.717, 1.165) is 37.2 Å². The number of hydrogen-bond donors (Lipinski definition) is 2. The van der Waals surface area contributed by atoms with Crippen LogP contribution in [0.5, 0.6) is 5.75 Å². The van der Waals surface area contributed by atoms with Gasteiger partial charge in [-0.05, 0) is 49.2 Å². The zero-order valence-electron chi connectivity index (χ0n) is 15.6. The number of rotatable bonds is 8. The van der Waals surface area contributed by atoms with Crippen LogP contribution in [0.1, 0.15) is 35.2 Å². The molecule has 1 aliphatic heterocycles. The second kappa shape index (κ2) is 10.1. The quantitative estimate of drug-likeness (QED) is 0.752. The van der Waals surface area contributed by atoms with Crippen molar-refractivity contribution < 1.29 is 14.6 Å². The van der Waals surface area contributed by atoms with Crippen LogP contribution in [0.2, 0.25) is 0 Å². The van der Waals surface area contributed by atoms with Crippen LogP contribution in [0, 0.1) is 0 Å². The van der Waals surface area contributed by atoms with Crippen molar-refractivity contribution in [3.05, 3.63) is 65.7 Å². The van der Waals surface area contributed by atoms with Crippen molar-refractivity contribution in [1.29, 1.82) is 0 Å². The molecule has 1 fully saturated rings. The van der Waals surface area contributed by atoms with E-state index in [2.05, 4.69) is 10.2 Å². The van der Waals surface area contributed by atoms with Crippen LogP contribution in [-0.2, 0) is 6.61 Å². The summed E-state index contributed by atoms with van der Waals surface area (Å²) in [5, 5.41) is 12.4. The molecule has 0 spiro atoms. The third-order valence-electron chi connectivity index (χ3n) is 5.01. The highest BCUT2D eigenvalue weighted by molar-refractivity contribution is 5.94. The SMILES string of the molecule is O=C(NCCN1CCCC[C@@H]1CO)c1ccc(COc2ccccc2)cc1. The maximum atomic E-state index is 12.3. The average molecular weight is 368 g/mol. The smallest absolute Gasteiger partial charge is 0.251 e. The first kappa shape index (κ1) is 19.4. The van der Waals surface area contributed by atoms with Crippen LogP contribution in [0.15, 0.2) is 54.6 Å². The lowest BCUT2D eigenvalue weighted by Crippen LogP contribution is -2.45. The van der Waals surface area contributed by atoms with Crippen molar-refractivity contribution in [3.8, 4) is 5.75 Å². The van der Waals surface area contributed by atoms with E-state index in [1.165, 1.54) is 6.42 Å². The number of ether oxygens (including phenoxy) is 1. The summed E-state index contributed by atoms with van der Waals surface area (Å²) in [6.45, 7) is 3.04. The van der Waals surface area contributed by atoms with E-state index in [1.54, 1.807) is 0 Å². The Morgan fingerprint density at radius 3 is 2.63 bits per heavy atom. The molecule has 144 valence electrons. The molecule has 3 rings (SSSR count). The van der Waals surface area contributed by atoms with Gasteiger partial charge in [0.25, 0.3) is 5.91 Å². The second-order valence-electron chi connectivity index (χ2n) is 6.92. The Kier molecular flexibility index (Phi) is 7.25. The average Bonchev–Trinajstić information content (AvgIpc) is 2.73. The first-order chi connectivity index (χ1) is 13.3. The number of hydrogen-bond acceptors (Lipinski definition) is 4. The summed E-state index contributed by atoms with van der Waals surface area (Å²) in [6.07, 6.45) is 3.38. The van der Waals surface area contributed by atoms with Crippen LogP contribution in [-0.4, -0.2) is 48.2 Å². The van der Waals surface area contributed by atoms with Crippen LogP contribution < -0.4 is 10.1 Å². The zero-order chi connectivity index (χ0) is 18.9. The highest BCUT2D eigenvalue weighted by Gasteiger charge is 2.21. The van der Waals surface area contributed by atoms with E-state index < -0.39 is 0 Å². The highest BCUT2D eigenvalue weighted by Crippen LogP contribution is 2.16. The van der Waals surface area contributed by atoms with Crippen LogP contribution >= 0.6 is 0 Å². The van der Waals surface area contributed by atoms with Gasteiger partial charge in [-0.3, -0.25) is 9.69 Å². The Balaban J connectivity index is 1.43. The molecule has 1 amide bonds. The van der Waals surface area contributed by atoms with Crippen LogP contribution in [0.3, 0.4) is 0 Å². The molecule has 2 N–H and O–H groups in total. The first-order valence-electron chi connectivity index (χ1n) is 9.66. The number of benzene rings is 2. The van der Waals surface area contributed by atoms with Gasteiger partial charge >= 0.3 is 0 Å². The normalized spacial score (nSPS) is 17.4. The molecule has 5 heteroatoms. The lowest BCUT2D eigenvalue weighted by atomic mass is 10.0. The third-order valence-corrected chi connectivity index (χ3v) is 5.01. The minimum Gasteiger partial charge on any atom is -0.489 e. The van der Waals surface area contributed by atoms with E-state index in [9.17, 15) is 9.90 Å². The Bertz CT molecular complexity index is 703. The minimum atomic E-state index is -0.0666. The van der Waals surface area contributed by atoms with Crippen molar-refractivity contribution in [2.24, 2.45) is 0 Å². The van der Waals surface area contributed by atoms with Gasteiger partial charge in [0, 0.05) is 24.7 Å². The Morgan fingerprint density at radius 2 is 1.89 bits per heavy atom. The van der Waals surface area contributed by atoms with E-state index in [-0.39, 0.29) is 18.6 Å². The van der Waals surface area contributed by atoms with Gasteiger partial charge in [0.1, 0.15) is 12.4 Å². The number of para-hydroxylation sites is 1. The molecular formula is C22H28N2O3. The number of aliphatic hydroxyl groups excluding tert-OH is 1. The standard InChI is InChI=1S/C22H28N2O3/c25-16-20-6-4-5-14-24(20)15-13-23-22(26)19-11-9-18(10-12-19)17-27-21-7-2-1-3-8-21/h1-3,7-12,20,25H,4-6,13-17H2,(H,23,26)/t20-/m1/s1. The molecule has 1 heterocycles. The number of nitrogens with zero attached hydrogens (tertiary/aromatic N) is 1. The molecule has 0 bridgehead atoms. The molecule has 0 aliphatic carbocycles. The van der Waals surface area contributed by atoms with Crippen molar-refractivity contribution >= 4 is 5.91 Å². The number of aliphatic hydroxyl groups is 1. The van der Waals surface area contributed by atoms with Crippen LogP contribution in [0.25, 0.3) is 0 Å². The molecular weight excluding hydrogens is 340 g/mol. The molecule has 0 aromatic heterocycles. The Hall–Kier alpha value is -2.37. The van der Waals surface area contributed by atoms with Gasteiger partial charge in [-0.1, -0.05) is 36.8 Å². The Morgan fingerprint density at radius 1 is 1.11 bits per heavy atom. The van der Waals surface area contributed by atoms with Gasteiger partial charge in [0.2, 0.25) is 0 Å². The van der Waals surface area contributed by atoms with Crippen molar-refractivity contribution in [2.45, 2.75) is 31.9 Å². The topological polar surface area (TPSA) is 61.8 Å². The van der Waals surface area contributed by atoms with E-state index >= 15 is 0 Å². The highest BCUT2D eigenvalue weighted by atomic mass is 16.5. The molecule has 2 aromatic rings. The predicted molar refractivity (Wildman–Crippen MR) is 106 cm³/mol. The summed E-state index contributed by atoms with van der Waals surface area (Å²) in [5.41, 5.74) is 1.67. The van der Waals surface area contributed by atoms with Crippen molar-refractivity contribution in [1.82, 2.24) is 10.2 Å². The molecule has 27 heavy (non-hydrogen) atoms. The molecule has 5 nitrogen and oxygen atoms in total. The largest absolute Gasteiger partial charge is 0.489 e. The van der Waals surface area contributed by atoms with E-state index in [4.69, 9.17) is 4.74 Å². The number of carbonyl (C=O) groups is 1. The monoisotopic (exact) mass is 368 g/mol. The van der Waals surface area contributed by atoms with Crippen molar-refractivity contribution in [3.63, 3.8) is 0 Å². The van der Waals surface area contributed by atoms with E-state index in [1.807, 2.05) is 54.6 Å².